The molecule has 1 aromatic heterocycles. The second kappa shape index (κ2) is 7.22. The van der Waals surface area contributed by atoms with Gasteiger partial charge in [-0.15, -0.1) is 0 Å². The quantitative estimate of drug-likeness (QED) is 0.531. The molecule has 0 bridgehead atoms. The Morgan fingerprint density at radius 1 is 1.08 bits per heavy atom. The summed E-state index contributed by atoms with van der Waals surface area (Å²) in [5.74, 6) is -0.225. The summed E-state index contributed by atoms with van der Waals surface area (Å²) in [6.45, 7) is 3.46. The van der Waals surface area contributed by atoms with E-state index in [1.165, 1.54) is 12.1 Å². The molecule has 3 aromatic rings. The molecule has 1 N–H and O–H groups in total. The molecular formula is C18H17FN2O3S2. The number of nitrogens with zero attached hydrogens (tertiary/aromatic N) is 1. The van der Waals surface area contributed by atoms with Crippen LogP contribution in [-0.2, 0) is 21.0 Å². The van der Waals surface area contributed by atoms with Crippen LogP contribution >= 0.6 is 0 Å². The number of nitrogens with one attached hydrogen (secondary N) is 1. The highest BCUT2D eigenvalue weighted by atomic mass is 32.2. The van der Waals surface area contributed by atoms with Gasteiger partial charge in [-0.25, -0.2) is 17.8 Å². The molecule has 0 aliphatic carbocycles. The molecule has 1 heterocycles. The van der Waals surface area contributed by atoms with E-state index in [0.717, 1.165) is 12.1 Å². The molecule has 136 valence electrons. The summed E-state index contributed by atoms with van der Waals surface area (Å²) in [7, 11) is -4.05. The van der Waals surface area contributed by atoms with Crippen LogP contribution in [0.5, 0.6) is 0 Å². The van der Waals surface area contributed by atoms with Crippen molar-refractivity contribution in [3.05, 3.63) is 60.4 Å². The largest absolute Gasteiger partial charge is 0.610 e. The van der Waals surface area contributed by atoms with Crippen LogP contribution in [0.4, 0.5) is 4.39 Å². The molecule has 0 fully saturated rings. The summed E-state index contributed by atoms with van der Waals surface area (Å²) in [6.07, 6.45) is 0. The van der Waals surface area contributed by atoms with Gasteiger partial charge in [0, 0.05) is 16.7 Å². The van der Waals surface area contributed by atoms with Gasteiger partial charge in [-0.2, -0.15) is 0 Å². The first-order valence-electron chi connectivity index (χ1n) is 7.87. The molecule has 0 saturated carbocycles. The predicted octanol–water partition coefficient (Wildman–Crippen LogP) is 3.56. The van der Waals surface area contributed by atoms with Gasteiger partial charge in [0.25, 0.3) is 5.03 Å². The fourth-order valence-electron chi connectivity index (χ4n) is 2.35. The van der Waals surface area contributed by atoms with E-state index < -0.39 is 26.8 Å². The number of hydrogen-bond acceptors (Lipinski definition) is 4. The van der Waals surface area contributed by atoms with Gasteiger partial charge >= 0.3 is 0 Å². The maximum atomic E-state index is 13.2. The lowest BCUT2D eigenvalue weighted by atomic mass is 10.2. The predicted molar refractivity (Wildman–Crippen MR) is 97.4 cm³/mol. The number of benzene rings is 2. The van der Waals surface area contributed by atoms with Crippen LogP contribution in [0.2, 0.25) is 0 Å². The highest BCUT2D eigenvalue weighted by Gasteiger charge is 2.34. The van der Waals surface area contributed by atoms with E-state index in [4.69, 9.17) is 0 Å². The second-order valence-corrected chi connectivity index (χ2v) is 9.70. The highest BCUT2D eigenvalue weighted by Crippen LogP contribution is 2.30. The Balaban J connectivity index is 2.18. The Kier molecular flexibility index (Phi) is 5.17. The van der Waals surface area contributed by atoms with Crippen molar-refractivity contribution >= 4 is 21.0 Å². The zero-order valence-corrected chi connectivity index (χ0v) is 15.8. The summed E-state index contributed by atoms with van der Waals surface area (Å²) in [5, 5.41) is -0.556. The third kappa shape index (κ3) is 3.53. The fraction of sp³-hybridized carbons (Fsp3) is 0.167. The molecule has 1 unspecified atom stereocenters. The fourth-order valence-corrected chi connectivity index (χ4v) is 5.04. The molecule has 0 aliphatic rings. The average Bonchev–Trinajstić information content (AvgIpc) is 3.08. The lowest BCUT2D eigenvalue weighted by Gasteiger charge is -2.13. The van der Waals surface area contributed by atoms with Crippen molar-refractivity contribution in [3.8, 4) is 11.4 Å². The number of aromatic amines is 1. The van der Waals surface area contributed by atoms with Crippen molar-refractivity contribution in [3.63, 3.8) is 0 Å². The van der Waals surface area contributed by atoms with Crippen LogP contribution < -0.4 is 0 Å². The van der Waals surface area contributed by atoms with Gasteiger partial charge in [0.1, 0.15) is 16.9 Å². The minimum absolute atomic E-state index is 0.0446. The highest BCUT2D eigenvalue weighted by molar-refractivity contribution is 7.94. The smallest absolute Gasteiger partial charge is 0.262 e. The Bertz CT molecular complexity index is 1000. The normalized spacial score (nSPS) is 13.1. The maximum Gasteiger partial charge on any atom is 0.262 e. The molecule has 0 radical (unpaired) electrons. The van der Waals surface area contributed by atoms with Crippen LogP contribution in [0.3, 0.4) is 0 Å². The molecule has 5 nitrogen and oxygen atoms in total. The third-order valence-corrected chi connectivity index (χ3v) is 7.08. The van der Waals surface area contributed by atoms with E-state index >= 15 is 0 Å². The molecular weight excluding hydrogens is 375 g/mol. The van der Waals surface area contributed by atoms with Crippen molar-refractivity contribution in [2.45, 2.75) is 34.0 Å². The van der Waals surface area contributed by atoms with Gasteiger partial charge in [0.2, 0.25) is 14.9 Å². The Morgan fingerprint density at radius 2 is 1.69 bits per heavy atom. The topological polar surface area (TPSA) is 85.9 Å². The summed E-state index contributed by atoms with van der Waals surface area (Å²) >= 11 is -1.60. The number of halogens is 1. The van der Waals surface area contributed by atoms with Gasteiger partial charge < -0.3 is 4.55 Å². The number of rotatable bonds is 5. The monoisotopic (exact) mass is 392 g/mol. The summed E-state index contributed by atoms with van der Waals surface area (Å²) < 4.78 is 51.8. The summed E-state index contributed by atoms with van der Waals surface area (Å²) in [6, 6.07) is 13.4. The number of hydrogen-bond donors (Lipinski definition) is 1. The molecule has 0 spiro atoms. The van der Waals surface area contributed by atoms with Crippen molar-refractivity contribution in [1.82, 2.24) is 9.97 Å². The first-order valence-corrected chi connectivity index (χ1v) is 10.6. The average molecular weight is 392 g/mol. The molecule has 0 aliphatic heterocycles. The van der Waals surface area contributed by atoms with Crippen molar-refractivity contribution in [2.24, 2.45) is 0 Å². The number of H-pyrrole nitrogens is 1. The lowest BCUT2D eigenvalue weighted by molar-refractivity contribution is 0.571. The van der Waals surface area contributed by atoms with Crippen molar-refractivity contribution in [1.29, 1.82) is 0 Å². The van der Waals surface area contributed by atoms with Crippen LogP contribution in [-0.4, -0.2) is 28.2 Å². The number of sulfone groups is 1. The Hall–Kier alpha value is -2.16. The van der Waals surface area contributed by atoms with E-state index in [2.05, 4.69) is 9.97 Å². The Morgan fingerprint density at radius 3 is 2.27 bits per heavy atom. The minimum Gasteiger partial charge on any atom is -0.610 e. The number of aromatic nitrogens is 2. The van der Waals surface area contributed by atoms with Crippen LogP contribution in [0.15, 0.2) is 69.5 Å². The molecule has 2 aromatic carbocycles. The number of imidazole rings is 1. The van der Waals surface area contributed by atoms with Crippen molar-refractivity contribution in [2.75, 3.05) is 0 Å². The first kappa shape index (κ1) is 18.6. The van der Waals surface area contributed by atoms with Crippen molar-refractivity contribution < 1.29 is 17.4 Å². The molecule has 0 saturated heterocycles. The maximum absolute atomic E-state index is 13.2. The van der Waals surface area contributed by atoms with E-state index in [-0.39, 0.29) is 20.2 Å². The van der Waals surface area contributed by atoms with Crippen LogP contribution in [0.1, 0.15) is 13.8 Å². The lowest BCUT2D eigenvalue weighted by Crippen LogP contribution is -2.18. The zero-order chi connectivity index (χ0) is 18.9. The molecule has 3 rings (SSSR count). The SMILES string of the molecule is CC(C)[S+]([O-])c1[nH]c(-c2ccccc2)nc1S(=O)(=O)c1ccc(F)cc1. The van der Waals surface area contributed by atoms with Crippen LogP contribution in [0, 0.1) is 5.82 Å². The third-order valence-electron chi connectivity index (χ3n) is 3.69. The molecule has 26 heavy (non-hydrogen) atoms. The molecule has 0 amide bonds. The zero-order valence-electron chi connectivity index (χ0n) is 14.1. The summed E-state index contributed by atoms with van der Waals surface area (Å²) in [4.78, 5) is 7.02. The Labute approximate surface area is 154 Å². The van der Waals surface area contributed by atoms with Crippen LogP contribution in [0.25, 0.3) is 11.4 Å². The second-order valence-electron chi connectivity index (χ2n) is 5.89. The van der Waals surface area contributed by atoms with Gasteiger partial charge in [-0.3, -0.25) is 4.98 Å². The van der Waals surface area contributed by atoms with Gasteiger partial charge in [-0.1, -0.05) is 30.3 Å². The minimum atomic E-state index is -4.05. The van der Waals surface area contributed by atoms with E-state index in [1.54, 1.807) is 38.1 Å². The van der Waals surface area contributed by atoms with Gasteiger partial charge in [-0.05, 0) is 38.1 Å². The van der Waals surface area contributed by atoms with E-state index in [1.807, 2.05) is 6.07 Å². The van der Waals surface area contributed by atoms with E-state index in [9.17, 15) is 17.4 Å². The van der Waals surface area contributed by atoms with E-state index in [0.29, 0.717) is 11.4 Å². The first-order chi connectivity index (χ1) is 12.3. The molecule has 8 heteroatoms. The summed E-state index contributed by atoms with van der Waals surface area (Å²) in [5.41, 5.74) is 0.676. The molecule has 1 atom stereocenters. The van der Waals surface area contributed by atoms with Gasteiger partial charge in [0.05, 0.1) is 4.90 Å². The van der Waals surface area contributed by atoms with Gasteiger partial charge in [0.15, 0.2) is 0 Å². The standard InChI is InChI=1S/C18H17FN2O3S2/c1-12(2)25(22)17-18(21-16(20-17)13-6-4-3-5-7-13)26(23,24)15-10-8-14(19)9-11-15/h3-12H,1-2H3,(H,20,21).